The summed E-state index contributed by atoms with van der Waals surface area (Å²) in [4.78, 5) is 25.0. The first-order chi connectivity index (χ1) is 15.8. The molecule has 0 saturated carbocycles. The van der Waals surface area contributed by atoms with Gasteiger partial charge in [0.2, 0.25) is 10.0 Å². The molecule has 0 spiro atoms. The molecule has 0 aliphatic rings. The lowest BCUT2D eigenvalue weighted by Gasteiger charge is -2.13. The Hall–Kier alpha value is -3.69. The summed E-state index contributed by atoms with van der Waals surface area (Å²) >= 11 is 0. The van der Waals surface area contributed by atoms with E-state index in [0.29, 0.717) is 17.8 Å². The maximum absolute atomic E-state index is 12.6. The Labute approximate surface area is 193 Å². The van der Waals surface area contributed by atoms with E-state index in [1.807, 2.05) is 30.3 Å². The third-order valence-electron chi connectivity index (χ3n) is 4.70. The number of anilines is 1. The summed E-state index contributed by atoms with van der Waals surface area (Å²) in [6.45, 7) is 0.0504. The predicted octanol–water partition coefficient (Wildman–Crippen LogP) is 2.88. The summed E-state index contributed by atoms with van der Waals surface area (Å²) in [7, 11) is -0.653. The highest BCUT2D eigenvalue weighted by atomic mass is 32.2. The summed E-state index contributed by atoms with van der Waals surface area (Å²) in [6, 6.07) is 22.0. The zero-order valence-corrected chi connectivity index (χ0v) is 19.1. The van der Waals surface area contributed by atoms with E-state index in [-0.39, 0.29) is 23.2 Å². The number of hydrogen-bond donors (Lipinski definition) is 2. The van der Waals surface area contributed by atoms with Gasteiger partial charge in [0, 0.05) is 26.3 Å². The van der Waals surface area contributed by atoms with Crippen molar-refractivity contribution < 1.29 is 22.7 Å². The lowest BCUT2D eigenvalue weighted by Crippen LogP contribution is -2.25. The second-order valence-electron chi connectivity index (χ2n) is 7.31. The predicted molar refractivity (Wildman–Crippen MR) is 125 cm³/mol. The molecule has 2 amide bonds. The van der Waals surface area contributed by atoms with Gasteiger partial charge in [0.05, 0.1) is 10.5 Å². The molecule has 3 rings (SSSR count). The van der Waals surface area contributed by atoms with Gasteiger partial charge in [-0.3, -0.25) is 9.59 Å². The van der Waals surface area contributed by atoms with Crippen LogP contribution in [-0.2, 0) is 21.4 Å². The van der Waals surface area contributed by atoms with E-state index in [1.165, 1.54) is 38.4 Å². The number of para-hydroxylation sites is 1. The van der Waals surface area contributed by atoms with Gasteiger partial charge in [0.25, 0.3) is 11.8 Å². The molecule has 2 N–H and O–H groups in total. The van der Waals surface area contributed by atoms with E-state index < -0.39 is 15.9 Å². The summed E-state index contributed by atoms with van der Waals surface area (Å²) in [5, 5.41) is 5.48. The molecule has 0 fully saturated rings. The second-order valence-corrected chi connectivity index (χ2v) is 9.46. The molecule has 0 aliphatic heterocycles. The van der Waals surface area contributed by atoms with Gasteiger partial charge in [-0.1, -0.05) is 42.5 Å². The van der Waals surface area contributed by atoms with Crippen LogP contribution in [0.15, 0.2) is 83.8 Å². The molecule has 0 unspecified atom stereocenters. The molecule has 0 saturated heterocycles. The van der Waals surface area contributed by atoms with Crippen LogP contribution in [0, 0.1) is 0 Å². The van der Waals surface area contributed by atoms with Gasteiger partial charge in [-0.15, -0.1) is 0 Å². The molecule has 9 heteroatoms. The van der Waals surface area contributed by atoms with Crippen LogP contribution in [0.2, 0.25) is 0 Å². The first-order valence-corrected chi connectivity index (χ1v) is 11.6. The Bertz CT molecular complexity index is 1210. The maximum atomic E-state index is 12.6. The van der Waals surface area contributed by atoms with E-state index in [9.17, 15) is 18.0 Å². The maximum Gasteiger partial charge on any atom is 0.262 e. The Morgan fingerprint density at radius 2 is 1.52 bits per heavy atom. The summed E-state index contributed by atoms with van der Waals surface area (Å²) in [6.07, 6.45) is 0. The average Bonchev–Trinajstić information content (AvgIpc) is 2.82. The van der Waals surface area contributed by atoms with Crippen molar-refractivity contribution in [3.05, 3.63) is 90.0 Å². The van der Waals surface area contributed by atoms with Crippen LogP contribution in [0.3, 0.4) is 0 Å². The quantitative estimate of drug-likeness (QED) is 0.504. The molecule has 0 bridgehead atoms. The molecule has 3 aromatic carbocycles. The van der Waals surface area contributed by atoms with Crippen molar-refractivity contribution in [2.45, 2.75) is 11.4 Å². The molecule has 8 nitrogen and oxygen atoms in total. The monoisotopic (exact) mass is 467 g/mol. The number of nitrogens with one attached hydrogen (secondary N) is 2. The number of hydrogen-bond acceptors (Lipinski definition) is 5. The van der Waals surface area contributed by atoms with E-state index >= 15 is 0 Å². The minimum absolute atomic E-state index is 0.122. The zero-order valence-electron chi connectivity index (χ0n) is 18.3. The number of amides is 2. The second kappa shape index (κ2) is 10.8. The van der Waals surface area contributed by atoms with Gasteiger partial charge in [-0.05, 0) is 42.0 Å². The molecule has 33 heavy (non-hydrogen) atoms. The fourth-order valence-corrected chi connectivity index (χ4v) is 3.82. The summed E-state index contributed by atoms with van der Waals surface area (Å²) in [5.41, 5.74) is 1.71. The summed E-state index contributed by atoms with van der Waals surface area (Å²) < 4.78 is 30.9. The van der Waals surface area contributed by atoms with Crippen LogP contribution in [0.5, 0.6) is 5.75 Å². The highest BCUT2D eigenvalue weighted by molar-refractivity contribution is 7.89. The van der Waals surface area contributed by atoms with Crippen molar-refractivity contribution in [2.24, 2.45) is 0 Å². The molecular weight excluding hydrogens is 442 g/mol. The van der Waals surface area contributed by atoms with Gasteiger partial charge in [-0.2, -0.15) is 0 Å². The molecule has 3 aromatic rings. The molecular formula is C24H25N3O5S. The number of rotatable bonds is 9. The van der Waals surface area contributed by atoms with Crippen LogP contribution >= 0.6 is 0 Å². The van der Waals surface area contributed by atoms with E-state index in [4.69, 9.17) is 4.74 Å². The van der Waals surface area contributed by atoms with Crippen molar-refractivity contribution in [1.82, 2.24) is 9.62 Å². The number of benzene rings is 3. The van der Waals surface area contributed by atoms with Crippen molar-refractivity contribution in [3.8, 4) is 5.75 Å². The molecule has 0 radical (unpaired) electrons. The van der Waals surface area contributed by atoms with Crippen LogP contribution < -0.4 is 15.4 Å². The summed E-state index contributed by atoms with van der Waals surface area (Å²) in [5.74, 6) is -0.476. The third kappa shape index (κ3) is 6.41. The molecule has 172 valence electrons. The average molecular weight is 468 g/mol. The van der Waals surface area contributed by atoms with Gasteiger partial charge < -0.3 is 15.4 Å². The normalized spacial score (nSPS) is 11.1. The van der Waals surface area contributed by atoms with Gasteiger partial charge >= 0.3 is 0 Å². The number of carbonyl (C=O) groups excluding carboxylic acids is 2. The van der Waals surface area contributed by atoms with E-state index in [2.05, 4.69) is 10.6 Å². The Morgan fingerprint density at radius 1 is 0.879 bits per heavy atom. The topological polar surface area (TPSA) is 105 Å². The molecule has 0 heterocycles. The van der Waals surface area contributed by atoms with E-state index in [1.54, 1.807) is 24.3 Å². The highest BCUT2D eigenvalue weighted by Crippen LogP contribution is 2.19. The SMILES string of the molecule is CN(C)S(=O)(=O)c1ccc(NC(=O)COc2ccccc2C(=O)NCc2ccccc2)cc1. The van der Waals surface area contributed by atoms with E-state index in [0.717, 1.165) is 9.87 Å². The van der Waals surface area contributed by atoms with Crippen LogP contribution in [-0.4, -0.2) is 45.2 Å². The van der Waals surface area contributed by atoms with Crippen molar-refractivity contribution >= 4 is 27.5 Å². The first-order valence-electron chi connectivity index (χ1n) is 10.1. The lowest BCUT2D eigenvalue weighted by molar-refractivity contribution is -0.118. The van der Waals surface area contributed by atoms with Gasteiger partial charge in [-0.25, -0.2) is 12.7 Å². The highest BCUT2D eigenvalue weighted by Gasteiger charge is 2.17. The number of ether oxygens (including phenoxy) is 1. The van der Waals surface area contributed by atoms with Gasteiger partial charge in [0.1, 0.15) is 5.75 Å². The van der Waals surface area contributed by atoms with Gasteiger partial charge in [0.15, 0.2) is 6.61 Å². The molecule has 0 aromatic heterocycles. The molecule has 0 atom stereocenters. The Kier molecular flexibility index (Phi) is 7.81. The van der Waals surface area contributed by atoms with Crippen molar-refractivity contribution in [1.29, 1.82) is 0 Å². The van der Waals surface area contributed by atoms with Crippen LogP contribution in [0.25, 0.3) is 0 Å². The zero-order chi connectivity index (χ0) is 23.8. The first kappa shape index (κ1) is 24.0. The standard InChI is InChI=1S/C24H25N3O5S/c1-27(2)33(30,31)20-14-12-19(13-15-20)26-23(28)17-32-22-11-7-6-10-21(22)24(29)25-16-18-8-4-3-5-9-18/h3-15H,16-17H2,1-2H3,(H,25,29)(H,26,28). The molecule has 0 aliphatic carbocycles. The largest absolute Gasteiger partial charge is 0.483 e. The number of nitrogens with zero attached hydrogens (tertiary/aromatic N) is 1. The Balaban J connectivity index is 1.58. The van der Waals surface area contributed by atoms with Crippen molar-refractivity contribution in [3.63, 3.8) is 0 Å². The third-order valence-corrected chi connectivity index (χ3v) is 6.53. The lowest BCUT2D eigenvalue weighted by atomic mass is 10.1. The smallest absolute Gasteiger partial charge is 0.262 e. The fourth-order valence-electron chi connectivity index (χ4n) is 2.91. The van der Waals surface area contributed by atoms with Crippen LogP contribution in [0.1, 0.15) is 15.9 Å². The minimum Gasteiger partial charge on any atom is -0.483 e. The fraction of sp³-hybridized carbons (Fsp3) is 0.167. The number of carbonyl (C=O) groups is 2. The Morgan fingerprint density at radius 3 is 2.18 bits per heavy atom. The van der Waals surface area contributed by atoms with Crippen molar-refractivity contribution in [2.75, 3.05) is 26.0 Å². The minimum atomic E-state index is -3.55. The van der Waals surface area contributed by atoms with Crippen LogP contribution in [0.4, 0.5) is 5.69 Å². The number of sulfonamides is 1.